The number of carbonyl (C=O) groups is 2. The van der Waals surface area contributed by atoms with E-state index in [1.54, 1.807) is 19.1 Å². The summed E-state index contributed by atoms with van der Waals surface area (Å²) < 4.78 is 4.83. The maximum atomic E-state index is 11.3. The second kappa shape index (κ2) is 6.60. The van der Waals surface area contributed by atoms with Gasteiger partial charge in [0.15, 0.2) is 0 Å². The molecule has 0 aliphatic carbocycles. The third-order valence-electron chi connectivity index (χ3n) is 1.75. The molecule has 0 radical (unpaired) electrons. The zero-order valence-corrected chi connectivity index (χ0v) is 8.50. The van der Waals surface area contributed by atoms with Gasteiger partial charge in [-0.15, -0.1) is 0 Å². The van der Waals surface area contributed by atoms with Gasteiger partial charge >= 0.3 is 0 Å². The smallest absolute Gasteiger partial charge is 0.222 e. The average Bonchev–Trinajstić information content (AvgIpc) is 2.10. The first kappa shape index (κ1) is 12.1. The van der Waals surface area contributed by atoms with E-state index in [2.05, 4.69) is 0 Å². The van der Waals surface area contributed by atoms with Crippen molar-refractivity contribution in [1.82, 2.24) is 4.90 Å². The third kappa shape index (κ3) is 6.28. The molecule has 4 nitrogen and oxygen atoms in total. The lowest BCUT2D eigenvalue weighted by molar-refractivity contribution is -0.132. The van der Waals surface area contributed by atoms with Crippen LogP contribution in [0.4, 0.5) is 0 Å². The Hall–Kier alpha value is -0.900. The molecule has 0 bridgehead atoms. The standard InChI is InChI=1S/C9H17NO3/c1-8(11)4-5-9(12)10(2)6-7-13-3/h4-7H2,1-3H3. The Labute approximate surface area is 78.9 Å². The molecular weight excluding hydrogens is 170 g/mol. The van der Waals surface area contributed by atoms with Crippen molar-refractivity contribution >= 4 is 11.7 Å². The lowest BCUT2D eigenvalue weighted by atomic mass is 10.2. The molecule has 1 amide bonds. The minimum atomic E-state index is -0.00718. The highest BCUT2D eigenvalue weighted by molar-refractivity contribution is 5.83. The van der Waals surface area contributed by atoms with Gasteiger partial charge < -0.3 is 14.4 Å². The molecule has 4 heteroatoms. The van der Waals surface area contributed by atoms with E-state index in [1.165, 1.54) is 6.92 Å². The fourth-order valence-corrected chi connectivity index (χ4v) is 0.827. The van der Waals surface area contributed by atoms with Gasteiger partial charge in [-0.25, -0.2) is 0 Å². The van der Waals surface area contributed by atoms with E-state index >= 15 is 0 Å². The highest BCUT2D eigenvalue weighted by Crippen LogP contribution is 1.96. The maximum Gasteiger partial charge on any atom is 0.222 e. The van der Waals surface area contributed by atoms with Gasteiger partial charge in [-0.05, 0) is 6.92 Å². The Bertz CT molecular complexity index is 180. The summed E-state index contributed by atoms with van der Waals surface area (Å²) in [5.41, 5.74) is 0. The van der Waals surface area contributed by atoms with Crippen LogP contribution in [0, 0.1) is 0 Å². The van der Waals surface area contributed by atoms with E-state index in [-0.39, 0.29) is 11.7 Å². The second-order valence-electron chi connectivity index (χ2n) is 3.01. The van der Waals surface area contributed by atoms with Crippen LogP contribution in [0.25, 0.3) is 0 Å². The summed E-state index contributed by atoms with van der Waals surface area (Å²) in [6.07, 6.45) is 0.631. The first-order valence-corrected chi connectivity index (χ1v) is 4.30. The highest BCUT2D eigenvalue weighted by atomic mass is 16.5. The lowest BCUT2D eigenvalue weighted by Gasteiger charge is -2.15. The number of carbonyl (C=O) groups excluding carboxylic acids is 2. The minimum absolute atomic E-state index is 0.00718. The van der Waals surface area contributed by atoms with Gasteiger partial charge in [0.2, 0.25) is 5.91 Å². The number of hydrogen-bond acceptors (Lipinski definition) is 3. The van der Waals surface area contributed by atoms with E-state index in [0.717, 1.165) is 0 Å². The number of amides is 1. The number of Topliss-reactive ketones (excluding diaryl/α,β-unsaturated/α-hetero) is 1. The molecule has 0 saturated carbocycles. The van der Waals surface area contributed by atoms with Gasteiger partial charge in [-0.2, -0.15) is 0 Å². The van der Waals surface area contributed by atoms with E-state index in [1.807, 2.05) is 0 Å². The van der Waals surface area contributed by atoms with Crippen LogP contribution < -0.4 is 0 Å². The first-order valence-electron chi connectivity index (χ1n) is 4.30. The summed E-state index contributed by atoms with van der Waals surface area (Å²) >= 11 is 0. The SMILES string of the molecule is COCCN(C)C(=O)CCC(C)=O. The van der Waals surface area contributed by atoms with Crippen LogP contribution in [-0.4, -0.2) is 43.9 Å². The summed E-state index contributed by atoms with van der Waals surface area (Å²) in [5.74, 6) is 0.0424. The number of nitrogens with zero attached hydrogens (tertiary/aromatic N) is 1. The monoisotopic (exact) mass is 187 g/mol. The molecule has 0 aliphatic rings. The Morgan fingerprint density at radius 2 is 1.92 bits per heavy atom. The normalized spacial score (nSPS) is 9.77. The second-order valence-corrected chi connectivity index (χ2v) is 3.01. The first-order chi connectivity index (χ1) is 6.07. The van der Waals surface area contributed by atoms with Crippen molar-refractivity contribution in [3.63, 3.8) is 0 Å². The van der Waals surface area contributed by atoms with Crippen LogP contribution >= 0.6 is 0 Å². The Morgan fingerprint density at radius 3 is 2.38 bits per heavy atom. The van der Waals surface area contributed by atoms with Crippen molar-refractivity contribution in [3.8, 4) is 0 Å². The van der Waals surface area contributed by atoms with E-state index in [0.29, 0.717) is 26.0 Å². The fraction of sp³-hybridized carbons (Fsp3) is 0.778. The molecule has 76 valence electrons. The predicted octanol–water partition coefficient (Wildman–Crippen LogP) is 0.460. The molecule has 13 heavy (non-hydrogen) atoms. The van der Waals surface area contributed by atoms with Crippen molar-refractivity contribution in [2.75, 3.05) is 27.3 Å². The molecule has 0 aliphatic heterocycles. The number of methoxy groups -OCH3 is 1. The molecule has 0 spiro atoms. The molecule has 0 rings (SSSR count). The summed E-state index contributed by atoms with van der Waals surface area (Å²) in [6, 6.07) is 0. The molecule has 0 fully saturated rings. The topological polar surface area (TPSA) is 46.6 Å². The van der Waals surface area contributed by atoms with Crippen LogP contribution in [0.15, 0.2) is 0 Å². The van der Waals surface area contributed by atoms with Crippen molar-refractivity contribution in [1.29, 1.82) is 0 Å². The number of ether oxygens (including phenoxy) is 1. The quantitative estimate of drug-likeness (QED) is 0.607. The molecule has 0 unspecified atom stereocenters. The van der Waals surface area contributed by atoms with Crippen molar-refractivity contribution in [2.45, 2.75) is 19.8 Å². The van der Waals surface area contributed by atoms with Gasteiger partial charge in [-0.1, -0.05) is 0 Å². The molecule has 0 aromatic carbocycles. The molecule has 0 N–H and O–H groups in total. The largest absolute Gasteiger partial charge is 0.383 e. The maximum absolute atomic E-state index is 11.3. The molecular formula is C9H17NO3. The van der Waals surface area contributed by atoms with Gasteiger partial charge in [0.05, 0.1) is 6.61 Å². The zero-order valence-electron chi connectivity index (χ0n) is 8.50. The molecule has 0 saturated heterocycles. The summed E-state index contributed by atoms with van der Waals surface area (Å²) in [5, 5.41) is 0. The van der Waals surface area contributed by atoms with Gasteiger partial charge in [0.25, 0.3) is 0 Å². The molecule has 0 atom stereocenters. The van der Waals surface area contributed by atoms with E-state index in [9.17, 15) is 9.59 Å². The summed E-state index contributed by atoms with van der Waals surface area (Å²) in [4.78, 5) is 23.4. The van der Waals surface area contributed by atoms with Gasteiger partial charge in [0.1, 0.15) is 5.78 Å². The molecule has 0 aromatic rings. The number of ketones is 1. The van der Waals surface area contributed by atoms with Crippen LogP contribution in [0.1, 0.15) is 19.8 Å². The number of likely N-dealkylation sites (N-methyl/N-ethyl adjacent to an activating group) is 1. The van der Waals surface area contributed by atoms with Gasteiger partial charge in [-0.3, -0.25) is 4.79 Å². The molecule has 0 heterocycles. The van der Waals surface area contributed by atoms with Crippen LogP contribution in [-0.2, 0) is 14.3 Å². The fourth-order valence-electron chi connectivity index (χ4n) is 0.827. The number of hydrogen-bond donors (Lipinski definition) is 0. The van der Waals surface area contributed by atoms with Gasteiger partial charge in [0, 0.05) is 33.5 Å². The van der Waals surface area contributed by atoms with Crippen LogP contribution in [0.3, 0.4) is 0 Å². The Morgan fingerprint density at radius 1 is 1.31 bits per heavy atom. The summed E-state index contributed by atoms with van der Waals surface area (Å²) in [6.45, 7) is 2.60. The zero-order chi connectivity index (χ0) is 10.3. The lowest BCUT2D eigenvalue weighted by Crippen LogP contribution is -2.29. The highest BCUT2D eigenvalue weighted by Gasteiger charge is 2.08. The van der Waals surface area contributed by atoms with Crippen LogP contribution in [0.5, 0.6) is 0 Å². The van der Waals surface area contributed by atoms with E-state index < -0.39 is 0 Å². The summed E-state index contributed by atoms with van der Waals surface area (Å²) in [7, 11) is 3.30. The Kier molecular flexibility index (Phi) is 6.14. The number of rotatable bonds is 6. The van der Waals surface area contributed by atoms with Crippen molar-refractivity contribution in [2.24, 2.45) is 0 Å². The average molecular weight is 187 g/mol. The van der Waals surface area contributed by atoms with Crippen molar-refractivity contribution in [3.05, 3.63) is 0 Å². The Balaban J connectivity index is 3.63. The van der Waals surface area contributed by atoms with Crippen LogP contribution in [0.2, 0.25) is 0 Å². The minimum Gasteiger partial charge on any atom is -0.383 e. The molecule has 0 aromatic heterocycles. The third-order valence-corrected chi connectivity index (χ3v) is 1.75. The predicted molar refractivity (Wildman–Crippen MR) is 49.4 cm³/mol. The van der Waals surface area contributed by atoms with Crippen molar-refractivity contribution < 1.29 is 14.3 Å². The van der Waals surface area contributed by atoms with E-state index in [4.69, 9.17) is 4.74 Å².